The summed E-state index contributed by atoms with van der Waals surface area (Å²) in [6.07, 6.45) is 1.85. The van der Waals surface area contributed by atoms with Gasteiger partial charge in [0.1, 0.15) is 11.5 Å². The van der Waals surface area contributed by atoms with Gasteiger partial charge in [-0.15, -0.1) is 0 Å². The van der Waals surface area contributed by atoms with Gasteiger partial charge in [-0.3, -0.25) is 9.93 Å². The van der Waals surface area contributed by atoms with E-state index in [1.165, 1.54) is 11.9 Å². The molecule has 0 saturated carbocycles. The van der Waals surface area contributed by atoms with Gasteiger partial charge in [0.2, 0.25) is 11.9 Å². The molecule has 9 nitrogen and oxygen atoms in total. The number of fused-ring (bicyclic) bond motifs is 1. The van der Waals surface area contributed by atoms with E-state index in [9.17, 15) is 4.79 Å². The average Bonchev–Trinajstić information content (AvgIpc) is 3.34. The lowest BCUT2D eigenvalue weighted by molar-refractivity contribution is -0.129. The summed E-state index contributed by atoms with van der Waals surface area (Å²) in [5, 5.41) is 13.3. The lowest BCUT2D eigenvalue weighted by atomic mass is 10.2. The van der Waals surface area contributed by atoms with Crippen LogP contribution in [0.5, 0.6) is 0 Å². The number of rotatable bonds is 6. The standard InChI is InChI=1S/C24H26N8OS/c1-16(33)31-11-13-32(14-12-31)19-7-5-17(6-8-19)28-24-29-22-21(9-10-26-22)23(30-24)27-18-3-2-4-20(15-18)34-25/h2-10,15H,11-14,25H2,1H3,(H3,26,27,28,29,30). The zero-order valence-electron chi connectivity index (χ0n) is 18.8. The lowest BCUT2D eigenvalue weighted by Crippen LogP contribution is -2.48. The topological polar surface area (TPSA) is 115 Å². The van der Waals surface area contributed by atoms with Crippen molar-refractivity contribution >= 4 is 57.7 Å². The molecule has 0 atom stereocenters. The highest BCUT2D eigenvalue weighted by Crippen LogP contribution is 2.28. The largest absolute Gasteiger partial charge is 0.368 e. The van der Waals surface area contributed by atoms with Crippen LogP contribution in [0.2, 0.25) is 0 Å². The van der Waals surface area contributed by atoms with Crippen molar-refractivity contribution in [2.75, 3.05) is 41.7 Å². The Labute approximate surface area is 201 Å². The number of hydrogen-bond acceptors (Lipinski definition) is 8. The van der Waals surface area contributed by atoms with E-state index in [-0.39, 0.29) is 5.91 Å². The van der Waals surface area contributed by atoms with Gasteiger partial charge in [-0.25, -0.2) is 0 Å². The summed E-state index contributed by atoms with van der Waals surface area (Å²) < 4.78 is 0. The van der Waals surface area contributed by atoms with Crippen LogP contribution in [0.15, 0.2) is 65.7 Å². The highest BCUT2D eigenvalue weighted by molar-refractivity contribution is 7.97. The number of benzene rings is 2. The number of carbonyl (C=O) groups is 1. The number of hydrogen-bond donors (Lipinski definition) is 4. The summed E-state index contributed by atoms with van der Waals surface area (Å²) in [4.78, 5) is 29.2. The van der Waals surface area contributed by atoms with Gasteiger partial charge in [0.25, 0.3) is 0 Å². The van der Waals surface area contributed by atoms with Crippen LogP contribution < -0.4 is 20.7 Å². The molecule has 34 heavy (non-hydrogen) atoms. The predicted octanol–water partition coefficient (Wildman–Crippen LogP) is 4.08. The van der Waals surface area contributed by atoms with E-state index >= 15 is 0 Å². The molecule has 0 bridgehead atoms. The fourth-order valence-corrected chi connectivity index (χ4v) is 4.39. The third-order valence-electron chi connectivity index (χ3n) is 5.86. The zero-order valence-corrected chi connectivity index (χ0v) is 19.6. The maximum absolute atomic E-state index is 11.6. The van der Waals surface area contributed by atoms with Crippen molar-refractivity contribution < 1.29 is 4.79 Å². The number of nitrogens with one attached hydrogen (secondary N) is 3. The van der Waals surface area contributed by atoms with Crippen molar-refractivity contribution in [3.05, 3.63) is 60.8 Å². The van der Waals surface area contributed by atoms with E-state index in [0.29, 0.717) is 11.8 Å². The van der Waals surface area contributed by atoms with Crippen molar-refractivity contribution in [2.24, 2.45) is 5.14 Å². The summed E-state index contributed by atoms with van der Waals surface area (Å²) in [6, 6.07) is 18.0. The quantitative estimate of drug-likeness (QED) is 0.309. The maximum Gasteiger partial charge on any atom is 0.231 e. The fraction of sp³-hybridized carbons (Fsp3) is 0.208. The number of piperazine rings is 1. The van der Waals surface area contributed by atoms with Gasteiger partial charge < -0.3 is 25.4 Å². The van der Waals surface area contributed by atoms with Gasteiger partial charge in [0, 0.05) is 61.3 Å². The molecule has 1 saturated heterocycles. The van der Waals surface area contributed by atoms with Crippen molar-refractivity contribution in [3.63, 3.8) is 0 Å². The first-order valence-electron chi connectivity index (χ1n) is 11.1. The smallest absolute Gasteiger partial charge is 0.231 e. The van der Waals surface area contributed by atoms with Crippen molar-refractivity contribution in [3.8, 4) is 0 Å². The second kappa shape index (κ2) is 9.62. The molecule has 3 heterocycles. The van der Waals surface area contributed by atoms with Gasteiger partial charge in [-0.2, -0.15) is 9.97 Å². The van der Waals surface area contributed by atoms with Crippen molar-refractivity contribution in [1.29, 1.82) is 0 Å². The molecule has 5 N–H and O–H groups in total. The Morgan fingerprint density at radius 1 is 1.00 bits per heavy atom. The highest BCUT2D eigenvalue weighted by atomic mass is 32.2. The molecule has 1 fully saturated rings. The van der Waals surface area contributed by atoms with Gasteiger partial charge in [-0.05, 0) is 60.5 Å². The fourth-order valence-electron chi connectivity index (χ4n) is 4.04. The van der Waals surface area contributed by atoms with E-state index in [1.807, 2.05) is 53.6 Å². The first kappa shape index (κ1) is 22.1. The SMILES string of the molecule is CC(=O)N1CCN(c2ccc(Nc3nc(Nc4cccc(SN)c4)c4cc[nH]c4n3)cc2)CC1. The molecule has 10 heteroatoms. The van der Waals surface area contributed by atoms with Crippen molar-refractivity contribution in [1.82, 2.24) is 19.9 Å². The molecular formula is C24H26N8OS. The minimum atomic E-state index is 0.137. The average molecular weight is 475 g/mol. The number of H-pyrrole nitrogens is 1. The predicted molar refractivity (Wildman–Crippen MR) is 138 cm³/mol. The number of anilines is 5. The molecule has 0 radical (unpaired) electrons. The molecule has 2 aromatic heterocycles. The first-order chi connectivity index (χ1) is 16.6. The summed E-state index contributed by atoms with van der Waals surface area (Å²) in [5.41, 5.74) is 3.67. The molecule has 1 aliphatic heterocycles. The molecule has 5 rings (SSSR count). The van der Waals surface area contributed by atoms with Gasteiger partial charge in [0.05, 0.1) is 5.39 Å². The summed E-state index contributed by atoms with van der Waals surface area (Å²) in [7, 11) is 0. The van der Waals surface area contributed by atoms with Crippen LogP contribution in [0.25, 0.3) is 11.0 Å². The van der Waals surface area contributed by atoms with Gasteiger partial charge >= 0.3 is 0 Å². The lowest BCUT2D eigenvalue weighted by Gasteiger charge is -2.35. The number of nitrogens with two attached hydrogens (primary N) is 1. The third-order valence-corrected chi connectivity index (χ3v) is 6.39. The monoisotopic (exact) mass is 474 g/mol. The van der Waals surface area contributed by atoms with Crippen LogP contribution in [0, 0.1) is 0 Å². The molecule has 0 aliphatic carbocycles. The van der Waals surface area contributed by atoms with E-state index in [1.54, 1.807) is 6.92 Å². The minimum Gasteiger partial charge on any atom is -0.368 e. The first-order valence-corrected chi connectivity index (χ1v) is 11.9. The van der Waals surface area contributed by atoms with Crippen LogP contribution in [-0.4, -0.2) is 51.9 Å². The molecule has 0 spiro atoms. The van der Waals surface area contributed by atoms with Crippen LogP contribution in [0.3, 0.4) is 0 Å². The van der Waals surface area contributed by atoms with Crippen LogP contribution in [0.1, 0.15) is 6.92 Å². The van der Waals surface area contributed by atoms with Crippen LogP contribution in [-0.2, 0) is 4.79 Å². The molecule has 0 unspecified atom stereocenters. The molecule has 1 aliphatic rings. The number of carbonyl (C=O) groups excluding carboxylic acids is 1. The second-order valence-corrected chi connectivity index (χ2v) is 8.78. The second-order valence-electron chi connectivity index (χ2n) is 8.07. The van der Waals surface area contributed by atoms with E-state index in [2.05, 4.69) is 37.6 Å². The maximum atomic E-state index is 11.6. The summed E-state index contributed by atoms with van der Waals surface area (Å²) in [6.45, 7) is 4.79. The molecular weight excluding hydrogens is 448 g/mol. The zero-order chi connectivity index (χ0) is 23.5. The van der Waals surface area contributed by atoms with E-state index in [0.717, 1.165) is 59.2 Å². The summed E-state index contributed by atoms with van der Waals surface area (Å²) >= 11 is 1.20. The summed E-state index contributed by atoms with van der Waals surface area (Å²) in [5.74, 6) is 1.33. The normalized spacial score (nSPS) is 13.8. The van der Waals surface area contributed by atoms with Crippen LogP contribution in [0.4, 0.5) is 28.8 Å². The Hall–Kier alpha value is -3.76. The highest BCUT2D eigenvalue weighted by Gasteiger charge is 2.18. The van der Waals surface area contributed by atoms with E-state index in [4.69, 9.17) is 10.1 Å². The number of aromatic amines is 1. The molecule has 1 amide bonds. The Bertz CT molecular complexity index is 1300. The molecule has 174 valence electrons. The van der Waals surface area contributed by atoms with E-state index < -0.39 is 0 Å². The van der Waals surface area contributed by atoms with Crippen LogP contribution >= 0.6 is 11.9 Å². The molecule has 2 aromatic carbocycles. The minimum absolute atomic E-state index is 0.137. The van der Waals surface area contributed by atoms with Gasteiger partial charge in [0.15, 0.2) is 0 Å². The third kappa shape index (κ3) is 4.78. The Balaban J connectivity index is 1.32. The number of nitrogens with zero attached hydrogens (tertiary/aromatic N) is 4. The Morgan fingerprint density at radius 2 is 1.79 bits per heavy atom. The molecule has 4 aromatic rings. The Kier molecular flexibility index (Phi) is 6.24. The number of amides is 1. The van der Waals surface area contributed by atoms with Gasteiger partial charge in [-0.1, -0.05) is 6.07 Å². The Morgan fingerprint density at radius 3 is 2.53 bits per heavy atom. The number of aromatic nitrogens is 3. The van der Waals surface area contributed by atoms with Crippen molar-refractivity contribution in [2.45, 2.75) is 11.8 Å².